The monoisotopic (exact) mass is 150 g/mol. The van der Waals surface area contributed by atoms with Gasteiger partial charge in [-0.1, -0.05) is 0 Å². The summed E-state index contributed by atoms with van der Waals surface area (Å²) in [7, 11) is 0. The summed E-state index contributed by atoms with van der Waals surface area (Å²) in [6.45, 7) is 0. The largest absolute Gasteiger partial charge is 0.368 e. The van der Waals surface area contributed by atoms with Gasteiger partial charge in [0.1, 0.15) is 0 Å². The third kappa shape index (κ3) is 0.952. The number of nitrogens with two attached hydrogens (primary N) is 2. The molecule has 0 aliphatic heterocycles. The van der Waals surface area contributed by atoms with Gasteiger partial charge in [-0.2, -0.15) is 0 Å². The highest BCUT2D eigenvalue weighted by Gasteiger charge is 2.20. The summed E-state index contributed by atoms with van der Waals surface area (Å²) >= 11 is 0. The van der Waals surface area contributed by atoms with Crippen molar-refractivity contribution in [2.24, 2.45) is 5.73 Å². The smallest absolute Gasteiger partial charge is 0.220 e. The number of rotatable bonds is 0. The van der Waals surface area contributed by atoms with Crippen LogP contribution in [0.1, 0.15) is 23.7 Å². The first-order valence-corrected chi connectivity index (χ1v) is 3.64. The van der Waals surface area contributed by atoms with E-state index in [0.717, 1.165) is 24.1 Å². The standard InChI is InChI=1S/C7H10N4/c8-5-1-2-6-4(5)3-10-7(9)11-6/h3,5H,1-2,8H2,(H2,9,10,11). The summed E-state index contributed by atoms with van der Waals surface area (Å²) in [6, 6.07) is 0.116. The lowest BCUT2D eigenvalue weighted by Gasteiger charge is -2.01. The first-order valence-electron chi connectivity index (χ1n) is 3.64. The van der Waals surface area contributed by atoms with Crippen molar-refractivity contribution < 1.29 is 0 Å². The van der Waals surface area contributed by atoms with Crippen LogP contribution in [0, 0.1) is 0 Å². The number of hydrogen-bond donors (Lipinski definition) is 2. The van der Waals surface area contributed by atoms with Crippen LogP contribution < -0.4 is 11.5 Å². The van der Waals surface area contributed by atoms with Gasteiger partial charge >= 0.3 is 0 Å². The molecular formula is C7H10N4. The Kier molecular flexibility index (Phi) is 1.29. The fraction of sp³-hybridized carbons (Fsp3) is 0.429. The topological polar surface area (TPSA) is 77.8 Å². The number of aromatic nitrogens is 2. The van der Waals surface area contributed by atoms with Crippen LogP contribution >= 0.6 is 0 Å². The molecule has 58 valence electrons. The van der Waals surface area contributed by atoms with Crippen molar-refractivity contribution in [2.45, 2.75) is 18.9 Å². The van der Waals surface area contributed by atoms with Crippen LogP contribution in [0.5, 0.6) is 0 Å². The molecule has 4 nitrogen and oxygen atoms in total. The molecule has 1 unspecified atom stereocenters. The van der Waals surface area contributed by atoms with Crippen LogP contribution in [0.3, 0.4) is 0 Å². The second-order valence-corrected chi connectivity index (χ2v) is 2.78. The molecule has 0 amide bonds. The number of fused-ring (bicyclic) bond motifs is 1. The van der Waals surface area contributed by atoms with E-state index in [1.54, 1.807) is 6.20 Å². The van der Waals surface area contributed by atoms with Crippen LogP contribution in [0.2, 0.25) is 0 Å². The Labute approximate surface area is 64.6 Å². The average Bonchev–Trinajstić information content (AvgIpc) is 2.32. The van der Waals surface area contributed by atoms with Crippen LogP contribution in [-0.4, -0.2) is 9.97 Å². The molecule has 1 atom stereocenters. The van der Waals surface area contributed by atoms with Gasteiger partial charge in [0.2, 0.25) is 5.95 Å². The third-order valence-electron chi connectivity index (χ3n) is 2.01. The van der Waals surface area contributed by atoms with Gasteiger partial charge in [-0.25, -0.2) is 9.97 Å². The van der Waals surface area contributed by atoms with E-state index in [1.807, 2.05) is 0 Å². The zero-order valence-electron chi connectivity index (χ0n) is 6.12. The highest BCUT2D eigenvalue weighted by Crippen LogP contribution is 2.26. The van der Waals surface area contributed by atoms with Gasteiger partial charge in [-0.3, -0.25) is 0 Å². The predicted octanol–water partition coefficient (Wildman–Crippen LogP) is 0.00480. The maximum Gasteiger partial charge on any atom is 0.220 e. The number of aryl methyl sites for hydroxylation is 1. The zero-order valence-corrected chi connectivity index (χ0v) is 6.12. The summed E-state index contributed by atoms with van der Waals surface area (Å²) < 4.78 is 0. The molecule has 0 radical (unpaired) electrons. The molecule has 0 aromatic carbocycles. The minimum atomic E-state index is 0.116. The summed E-state index contributed by atoms with van der Waals surface area (Å²) in [5.74, 6) is 0.345. The molecule has 1 aliphatic carbocycles. The summed E-state index contributed by atoms with van der Waals surface area (Å²) in [5, 5.41) is 0. The van der Waals surface area contributed by atoms with E-state index in [-0.39, 0.29) is 6.04 Å². The predicted molar refractivity (Wildman–Crippen MR) is 41.7 cm³/mol. The quantitative estimate of drug-likeness (QED) is 0.546. The minimum absolute atomic E-state index is 0.116. The van der Waals surface area contributed by atoms with Gasteiger partial charge in [0.15, 0.2) is 0 Å². The lowest BCUT2D eigenvalue weighted by molar-refractivity contribution is 0.711. The summed E-state index contributed by atoms with van der Waals surface area (Å²) in [6.07, 6.45) is 3.63. The van der Waals surface area contributed by atoms with Crippen molar-refractivity contribution >= 4 is 5.95 Å². The van der Waals surface area contributed by atoms with E-state index in [1.165, 1.54) is 0 Å². The molecule has 0 bridgehead atoms. The van der Waals surface area contributed by atoms with Crippen molar-refractivity contribution in [1.29, 1.82) is 0 Å². The number of nitrogens with zero attached hydrogens (tertiary/aromatic N) is 2. The molecule has 4 heteroatoms. The molecular weight excluding hydrogens is 140 g/mol. The molecule has 11 heavy (non-hydrogen) atoms. The highest BCUT2D eigenvalue weighted by molar-refractivity contribution is 5.31. The van der Waals surface area contributed by atoms with Gasteiger partial charge < -0.3 is 11.5 Å². The number of hydrogen-bond acceptors (Lipinski definition) is 4. The second kappa shape index (κ2) is 2.17. The maximum atomic E-state index is 5.78. The van der Waals surface area contributed by atoms with E-state index in [2.05, 4.69) is 9.97 Å². The van der Waals surface area contributed by atoms with Gasteiger partial charge in [-0.05, 0) is 12.8 Å². The van der Waals surface area contributed by atoms with Crippen molar-refractivity contribution in [3.63, 3.8) is 0 Å². The van der Waals surface area contributed by atoms with Gasteiger partial charge in [0.05, 0.1) is 5.69 Å². The molecule has 1 aromatic rings. The van der Waals surface area contributed by atoms with E-state index >= 15 is 0 Å². The molecule has 1 aliphatic rings. The molecule has 0 saturated heterocycles. The number of anilines is 1. The summed E-state index contributed by atoms with van der Waals surface area (Å²) in [5.41, 5.74) is 13.3. The van der Waals surface area contributed by atoms with Crippen LogP contribution in [0.4, 0.5) is 5.95 Å². The van der Waals surface area contributed by atoms with Crippen molar-refractivity contribution in [2.75, 3.05) is 5.73 Å². The second-order valence-electron chi connectivity index (χ2n) is 2.78. The minimum Gasteiger partial charge on any atom is -0.368 e. The van der Waals surface area contributed by atoms with Crippen LogP contribution in [0.15, 0.2) is 6.20 Å². The lowest BCUT2D eigenvalue weighted by Crippen LogP contribution is -2.06. The zero-order chi connectivity index (χ0) is 7.84. The summed E-state index contributed by atoms with van der Waals surface area (Å²) in [4.78, 5) is 7.98. The normalized spacial score (nSPS) is 21.7. The number of nitrogen functional groups attached to an aromatic ring is 1. The Morgan fingerprint density at radius 3 is 3.18 bits per heavy atom. The molecule has 4 N–H and O–H groups in total. The molecule has 1 aromatic heterocycles. The van der Waals surface area contributed by atoms with Gasteiger partial charge in [0.25, 0.3) is 0 Å². The fourth-order valence-electron chi connectivity index (χ4n) is 1.40. The van der Waals surface area contributed by atoms with Gasteiger partial charge in [0, 0.05) is 17.8 Å². The maximum absolute atomic E-state index is 5.78. The van der Waals surface area contributed by atoms with Crippen LogP contribution in [-0.2, 0) is 6.42 Å². The van der Waals surface area contributed by atoms with Crippen molar-refractivity contribution in [1.82, 2.24) is 9.97 Å². The van der Waals surface area contributed by atoms with E-state index < -0.39 is 0 Å². The molecule has 0 spiro atoms. The van der Waals surface area contributed by atoms with E-state index in [0.29, 0.717) is 5.95 Å². The first kappa shape index (κ1) is 6.54. The SMILES string of the molecule is Nc1ncc2c(n1)CCC2N. The highest BCUT2D eigenvalue weighted by atomic mass is 15.0. The van der Waals surface area contributed by atoms with Crippen molar-refractivity contribution in [3.8, 4) is 0 Å². The third-order valence-corrected chi connectivity index (χ3v) is 2.01. The molecule has 2 rings (SSSR count). The van der Waals surface area contributed by atoms with E-state index in [9.17, 15) is 0 Å². The average molecular weight is 150 g/mol. The van der Waals surface area contributed by atoms with Crippen LogP contribution in [0.25, 0.3) is 0 Å². The Hall–Kier alpha value is -1.16. The molecule has 0 saturated carbocycles. The first-order chi connectivity index (χ1) is 5.27. The Bertz CT molecular complexity index is 284. The van der Waals surface area contributed by atoms with E-state index in [4.69, 9.17) is 11.5 Å². The van der Waals surface area contributed by atoms with Gasteiger partial charge in [-0.15, -0.1) is 0 Å². The molecule has 1 heterocycles. The fourth-order valence-corrected chi connectivity index (χ4v) is 1.40. The Morgan fingerprint density at radius 2 is 2.36 bits per heavy atom. The lowest BCUT2D eigenvalue weighted by atomic mass is 10.2. The van der Waals surface area contributed by atoms with Crippen molar-refractivity contribution in [3.05, 3.63) is 17.5 Å². The Balaban J connectivity index is 2.50. The Morgan fingerprint density at radius 1 is 1.55 bits per heavy atom. The molecule has 0 fully saturated rings.